The van der Waals surface area contributed by atoms with Crippen LogP contribution >= 0.6 is 0 Å². The molecule has 0 aromatic heterocycles. The third kappa shape index (κ3) is 4.37. The second-order valence-corrected chi connectivity index (χ2v) is 4.37. The monoisotopic (exact) mass is 232 g/mol. The predicted molar refractivity (Wildman–Crippen MR) is 61.3 cm³/mol. The summed E-state index contributed by atoms with van der Waals surface area (Å²) in [6.07, 6.45) is 4.58. The minimum absolute atomic E-state index is 0.141. The van der Waals surface area contributed by atoms with E-state index in [2.05, 4.69) is 6.92 Å². The third-order valence-corrected chi connectivity index (χ3v) is 3.00. The summed E-state index contributed by atoms with van der Waals surface area (Å²) in [4.78, 5) is 0. The first-order valence-electron chi connectivity index (χ1n) is 6.31. The maximum Gasteiger partial charge on any atom is 0.111 e. The van der Waals surface area contributed by atoms with Crippen molar-refractivity contribution in [2.45, 2.75) is 57.3 Å². The maximum atomic E-state index is 9.68. The van der Waals surface area contributed by atoms with Gasteiger partial charge in [0.15, 0.2) is 0 Å². The average Bonchev–Trinajstić information content (AvgIpc) is 2.65. The minimum Gasteiger partial charge on any atom is -0.394 e. The summed E-state index contributed by atoms with van der Waals surface area (Å²) >= 11 is 0. The molecule has 0 saturated carbocycles. The van der Waals surface area contributed by atoms with Crippen LogP contribution < -0.4 is 0 Å². The molecule has 0 radical (unpaired) electrons. The van der Waals surface area contributed by atoms with Crippen molar-refractivity contribution in [3.8, 4) is 0 Å². The van der Waals surface area contributed by atoms with Crippen LogP contribution in [0.15, 0.2) is 0 Å². The van der Waals surface area contributed by atoms with Gasteiger partial charge in [-0.1, -0.05) is 32.6 Å². The summed E-state index contributed by atoms with van der Waals surface area (Å²) in [6, 6.07) is 0. The highest BCUT2D eigenvalue weighted by Crippen LogP contribution is 2.17. The molecule has 16 heavy (non-hydrogen) atoms. The lowest BCUT2D eigenvalue weighted by Crippen LogP contribution is -2.34. The summed E-state index contributed by atoms with van der Waals surface area (Å²) in [7, 11) is 0. The van der Waals surface area contributed by atoms with Gasteiger partial charge in [0, 0.05) is 6.61 Å². The van der Waals surface area contributed by atoms with Crippen LogP contribution in [0.2, 0.25) is 0 Å². The molecule has 2 N–H and O–H groups in total. The molecule has 0 aromatic rings. The van der Waals surface area contributed by atoms with Crippen molar-refractivity contribution in [2.75, 3.05) is 19.8 Å². The Morgan fingerprint density at radius 2 is 2.00 bits per heavy atom. The van der Waals surface area contributed by atoms with Crippen LogP contribution in [-0.4, -0.2) is 48.3 Å². The number of aliphatic hydroxyl groups is 2. The number of rotatable bonds is 8. The van der Waals surface area contributed by atoms with Crippen molar-refractivity contribution >= 4 is 0 Å². The van der Waals surface area contributed by atoms with Gasteiger partial charge < -0.3 is 19.7 Å². The van der Waals surface area contributed by atoms with Crippen molar-refractivity contribution in [3.63, 3.8) is 0 Å². The van der Waals surface area contributed by atoms with Gasteiger partial charge in [-0.15, -0.1) is 0 Å². The predicted octanol–water partition coefficient (Wildman–Crippen LogP) is 1.09. The van der Waals surface area contributed by atoms with Gasteiger partial charge in [-0.3, -0.25) is 0 Å². The highest BCUT2D eigenvalue weighted by molar-refractivity contribution is 4.83. The Morgan fingerprint density at radius 3 is 2.62 bits per heavy atom. The highest BCUT2D eigenvalue weighted by atomic mass is 16.6. The van der Waals surface area contributed by atoms with Crippen molar-refractivity contribution < 1.29 is 19.7 Å². The zero-order chi connectivity index (χ0) is 11.8. The molecule has 1 aliphatic heterocycles. The van der Waals surface area contributed by atoms with E-state index in [4.69, 9.17) is 14.6 Å². The van der Waals surface area contributed by atoms with Crippen molar-refractivity contribution in [3.05, 3.63) is 0 Å². The summed E-state index contributed by atoms with van der Waals surface area (Å²) < 4.78 is 10.7. The molecule has 0 amide bonds. The molecule has 3 atom stereocenters. The standard InChI is InChI=1S/C12H24O4/c1-2-3-4-5-6-7-15-11-9-16-10(8-13)12(11)14/h10-14H,2-9H2,1H3/t10-,11+,12-/m0/s1. The van der Waals surface area contributed by atoms with E-state index >= 15 is 0 Å². The Hall–Kier alpha value is -0.160. The van der Waals surface area contributed by atoms with Gasteiger partial charge >= 0.3 is 0 Å². The molecule has 0 unspecified atom stereocenters. The van der Waals surface area contributed by atoms with Gasteiger partial charge in [0.05, 0.1) is 13.2 Å². The molecule has 1 aliphatic rings. The van der Waals surface area contributed by atoms with Crippen molar-refractivity contribution in [1.29, 1.82) is 0 Å². The summed E-state index contributed by atoms with van der Waals surface area (Å²) in [5, 5.41) is 18.6. The average molecular weight is 232 g/mol. The van der Waals surface area contributed by atoms with E-state index in [1.165, 1.54) is 25.7 Å². The topological polar surface area (TPSA) is 58.9 Å². The summed E-state index contributed by atoms with van der Waals surface area (Å²) in [5.41, 5.74) is 0. The molecular weight excluding hydrogens is 208 g/mol. The lowest BCUT2D eigenvalue weighted by Gasteiger charge is -2.16. The van der Waals surface area contributed by atoms with Crippen LogP contribution in [0, 0.1) is 0 Å². The number of ether oxygens (including phenoxy) is 2. The van der Waals surface area contributed by atoms with E-state index < -0.39 is 12.2 Å². The fourth-order valence-electron chi connectivity index (χ4n) is 1.90. The van der Waals surface area contributed by atoms with E-state index in [1.54, 1.807) is 0 Å². The van der Waals surface area contributed by atoms with E-state index in [9.17, 15) is 5.11 Å². The van der Waals surface area contributed by atoms with E-state index in [0.29, 0.717) is 13.2 Å². The SMILES string of the molecule is CCCCCCCO[C@@H]1CO[C@@H](CO)[C@@H]1O. The fourth-order valence-corrected chi connectivity index (χ4v) is 1.90. The molecule has 4 nitrogen and oxygen atoms in total. The van der Waals surface area contributed by atoms with Crippen LogP contribution in [0.4, 0.5) is 0 Å². The zero-order valence-electron chi connectivity index (χ0n) is 10.1. The van der Waals surface area contributed by atoms with Crippen LogP contribution in [0.3, 0.4) is 0 Å². The zero-order valence-corrected chi connectivity index (χ0v) is 10.1. The Balaban J connectivity index is 2.01. The number of aliphatic hydroxyl groups excluding tert-OH is 2. The molecule has 0 bridgehead atoms. The molecule has 96 valence electrons. The Labute approximate surface area is 97.6 Å². The first kappa shape index (κ1) is 13.9. The summed E-state index contributed by atoms with van der Waals surface area (Å²) in [6.45, 7) is 3.11. The first-order valence-corrected chi connectivity index (χ1v) is 6.31. The van der Waals surface area contributed by atoms with Gasteiger partial charge in [0.1, 0.15) is 18.3 Å². The fraction of sp³-hybridized carbons (Fsp3) is 1.00. The Bertz CT molecular complexity index is 174. The molecule has 1 heterocycles. The summed E-state index contributed by atoms with van der Waals surface area (Å²) in [5.74, 6) is 0. The smallest absolute Gasteiger partial charge is 0.111 e. The van der Waals surface area contributed by atoms with Gasteiger partial charge in [-0.05, 0) is 6.42 Å². The lowest BCUT2D eigenvalue weighted by molar-refractivity contribution is -0.0287. The van der Waals surface area contributed by atoms with Gasteiger partial charge in [-0.2, -0.15) is 0 Å². The van der Waals surface area contributed by atoms with Crippen LogP contribution in [0.5, 0.6) is 0 Å². The Kier molecular flexibility index (Phi) is 6.96. The van der Waals surface area contributed by atoms with Gasteiger partial charge in [0.25, 0.3) is 0 Å². The van der Waals surface area contributed by atoms with E-state index in [0.717, 1.165) is 6.42 Å². The first-order chi connectivity index (χ1) is 7.79. The lowest BCUT2D eigenvalue weighted by atomic mass is 10.1. The van der Waals surface area contributed by atoms with Crippen LogP contribution in [0.25, 0.3) is 0 Å². The quantitative estimate of drug-likeness (QED) is 0.615. The second kappa shape index (κ2) is 8.01. The van der Waals surface area contributed by atoms with Gasteiger partial charge in [0.2, 0.25) is 0 Å². The number of unbranched alkanes of at least 4 members (excludes halogenated alkanes) is 4. The molecule has 0 spiro atoms. The molecule has 1 rings (SSSR count). The molecule has 0 aromatic carbocycles. The van der Waals surface area contributed by atoms with E-state index in [-0.39, 0.29) is 12.7 Å². The molecule has 0 aliphatic carbocycles. The molecule has 1 fully saturated rings. The second-order valence-electron chi connectivity index (χ2n) is 4.37. The van der Waals surface area contributed by atoms with Crippen LogP contribution in [0.1, 0.15) is 39.0 Å². The van der Waals surface area contributed by atoms with Gasteiger partial charge in [-0.25, -0.2) is 0 Å². The van der Waals surface area contributed by atoms with Crippen LogP contribution in [-0.2, 0) is 9.47 Å². The van der Waals surface area contributed by atoms with E-state index in [1.807, 2.05) is 0 Å². The molecule has 4 heteroatoms. The molecular formula is C12H24O4. The number of hydrogen-bond acceptors (Lipinski definition) is 4. The largest absolute Gasteiger partial charge is 0.394 e. The van der Waals surface area contributed by atoms with Crippen molar-refractivity contribution in [1.82, 2.24) is 0 Å². The normalized spacial score (nSPS) is 29.8. The number of hydrogen-bond donors (Lipinski definition) is 2. The Morgan fingerprint density at radius 1 is 1.25 bits per heavy atom. The molecule has 1 saturated heterocycles. The minimum atomic E-state index is -0.680. The maximum absolute atomic E-state index is 9.68. The van der Waals surface area contributed by atoms with Crippen molar-refractivity contribution in [2.24, 2.45) is 0 Å². The highest BCUT2D eigenvalue weighted by Gasteiger charge is 2.35. The third-order valence-electron chi connectivity index (χ3n) is 3.00.